The van der Waals surface area contributed by atoms with Gasteiger partial charge >= 0.3 is 0 Å². The third kappa shape index (κ3) is 5.23. The van der Waals surface area contributed by atoms with E-state index in [0.29, 0.717) is 11.0 Å². The van der Waals surface area contributed by atoms with Gasteiger partial charge in [-0.05, 0) is 50.1 Å². The number of hydrogen-bond donors (Lipinski definition) is 2. The standard InChI is InChI=1S/C21H23N5O2S/c1-13-5-4-6-16(9-13)20-24-25-21(26(20)11-18(22)27)29-12-19(28)23-17-8-7-14(2)15(3)10-17/h4-10H,11-12H2,1-3H3,(H2,22,27)(H,23,28). The van der Waals surface area contributed by atoms with Crippen LogP contribution >= 0.6 is 11.8 Å². The summed E-state index contributed by atoms with van der Waals surface area (Å²) in [5.41, 5.74) is 10.3. The molecule has 0 fully saturated rings. The zero-order chi connectivity index (χ0) is 21.0. The highest BCUT2D eigenvalue weighted by Gasteiger charge is 2.17. The van der Waals surface area contributed by atoms with E-state index in [-0.39, 0.29) is 18.2 Å². The lowest BCUT2D eigenvalue weighted by atomic mass is 10.1. The Morgan fingerprint density at radius 1 is 1.07 bits per heavy atom. The summed E-state index contributed by atoms with van der Waals surface area (Å²) < 4.78 is 1.64. The molecule has 0 radical (unpaired) electrons. The third-order valence-electron chi connectivity index (χ3n) is 4.43. The molecule has 8 heteroatoms. The molecule has 29 heavy (non-hydrogen) atoms. The maximum Gasteiger partial charge on any atom is 0.237 e. The maximum atomic E-state index is 12.4. The molecule has 0 saturated heterocycles. The molecule has 0 aliphatic carbocycles. The fourth-order valence-corrected chi connectivity index (χ4v) is 3.58. The first-order chi connectivity index (χ1) is 13.8. The molecule has 0 atom stereocenters. The molecule has 2 aromatic carbocycles. The van der Waals surface area contributed by atoms with Crippen LogP contribution in [0.15, 0.2) is 47.6 Å². The molecular weight excluding hydrogens is 386 g/mol. The molecule has 0 unspecified atom stereocenters. The number of aryl methyl sites for hydroxylation is 3. The minimum Gasteiger partial charge on any atom is -0.368 e. The molecule has 0 spiro atoms. The molecule has 1 heterocycles. The van der Waals surface area contributed by atoms with E-state index in [9.17, 15) is 9.59 Å². The van der Waals surface area contributed by atoms with E-state index in [1.807, 2.05) is 63.2 Å². The number of rotatable bonds is 7. The molecule has 7 nitrogen and oxygen atoms in total. The number of anilines is 1. The average Bonchev–Trinajstić information content (AvgIpc) is 3.05. The Morgan fingerprint density at radius 2 is 1.86 bits per heavy atom. The number of carbonyl (C=O) groups excluding carboxylic acids is 2. The second-order valence-electron chi connectivity index (χ2n) is 6.86. The van der Waals surface area contributed by atoms with Crippen molar-refractivity contribution in [2.75, 3.05) is 11.1 Å². The van der Waals surface area contributed by atoms with E-state index in [2.05, 4.69) is 15.5 Å². The van der Waals surface area contributed by atoms with Gasteiger partial charge in [-0.1, -0.05) is 41.6 Å². The van der Waals surface area contributed by atoms with Crippen molar-refractivity contribution in [2.24, 2.45) is 5.73 Å². The Balaban J connectivity index is 1.75. The lowest BCUT2D eigenvalue weighted by Crippen LogP contribution is -2.20. The van der Waals surface area contributed by atoms with E-state index < -0.39 is 5.91 Å². The second-order valence-corrected chi connectivity index (χ2v) is 7.81. The quantitative estimate of drug-likeness (QED) is 0.584. The first-order valence-corrected chi connectivity index (χ1v) is 10.1. The Hall–Kier alpha value is -3.13. The summed E-state index contributed by atoms with van der Waals surface area (Å²) in [6, 6.07) is 13.5. The van der Waals surface area contributed by atoms with Gasteiger partial charge in [0.2, 0.25) is 11.8 Å². The van der Waals surface area contributed by atoms with Gasteiger partial charge in [-0.3, -0.25) is 14.2 Å². The van der Waals surface area contributed by atoms with Gasteiger partial charge in [-0.15, -0.1) is 10.2 Å². The third-order valence-corrected chi connectivity index (χ3v) is 5.40. The monoisotopic (exact) mass is 409 g/mol. The van der Waals surface area contributed by atoms with Crippen LogP contribution < -0.4 is 11.1 Å². The average molecular weight is 410 g/mol. The van der Waals surface area contributed by atoms with Crippen molar-refractivity contribution < 1.29 is 9.59 Å². The van der Waals surface area contributed by atoms with Crippen LogP contribution in [0.1, 0.15) is 16.7 Å². The highest BCUT2D eigenvalue weighted by Crippen LogP contribution is 2.25. The van der Waals surface area contributed by atoms with Crippen LogP contribution in [-0.4, -0.2) is 32.3 Å². The van der Waals surface area contributed by atoms with Gasteiger partial charge < -0.3 is 11.1 Å². The molecule has 3 N–H and O–H groups in total. The number of carbonyl (C=O) groups is 2. The molecule has 1 aromatic heterocycles. The predicted octanol–water partition coefficient (Wildman–Crippen LogP) is 3.09. The van der Waals surface area contributed by atoms with Crippen molar-refractivity contribution in [3.63, 3.8) is 0 Å². The molecule has 0 bridgehead atoms. The number of amides is 2. The van der Waals surface area contributed by atoms with E-state index in [0.717, 1.165) is 22.4 Å². The zero-order valence-electron chi connectivity index (χ0n) is 16.6. The van der Waals surface area contributed by atoms with E-state index >= 15 is 0 Å². The zero-order valence-corrected chi connectivity index (χ0v) is 17.4. The van der Waals surface area contributed by atoms with Crippen molar-refractivity contribution in [2.45, 2.75) is 32.5 Å². The molecule has 0 saturated carbocycles. The van der Waals surface area contributed by atoms with Crippen LogP contribution in [0.5, 0.6) is 0 Å². The largest absolute Gasteiger partial charge is 0.368 e. The normalized spacial score (nSPS) is 10.7. The van der Waals surface area contributed by atoms with Gasteiger partial charge in [0.15, 0.2) is 11.0 Å². The molecule has 0 aliphatic rings. The van der Waals surface area contributed by atoms with Crippen molar-refractivity contribution >= 4 is 29.3 Å². The molecule has 0 aliphatic heterocycles. The number of nitrogens with one attached hydrogen (secondary N) is 1. The number of nitrogens with two attached hydrogens (primary N) is 1. The van der Waals surface area contributed by atoms with E-state index in [1.165, 1.54) is 17.3 Å². The lowest BCUT2D eigenvalue weighted by molar-refractivity contribution is -0.118. The minimum atomic E-state index is -0.500. The fraction of sp³-hybridized carbons (Fsp3) is 0.238. The predicted molar refractivity (Wildman–Crippen MR) is 115 cm³/mol. The van der Waals surface area contributed by atoms with Crippen molar-refractivity contribution in [3.8, 4) is 11.4 Å². The van der Waals surface area contributed by atoms with Crippen LogP contribution in [0.3, 0.4) is 0 Å². The smallest absolute Gasteiger partial charge is 0.237 e. The molecule has 2 amide bonds. The molecule has 3 rings (SSSR count). The highest BCUT2D eigenvalue weighted by molar-refractivity contribution is 7.99. The van der Waals surface area contributed by atoms with Crippen LogP contribution in [0.4, 0.5) is 5.69 Å². The number of hydrogen-bond acceptors (Lipinski definition) is 5. The summed E-state index contributed by atoms with van der Waals surface area (Å²) in [4.78, 5) is 23.9. The Bertz CT molecular complexity index is 1060. The van der Waals surface area contributed by atoms with Crippen molar-refractivity contribution in [1.82, 2.24) is 14.8 Å². The summed E-state index contributed by atoms with van der Waals surface area (Å²) in [6.45, 7) is 5.94. The molecule has 3 aromatic rings. The van der Waals surface area contributed by atoms with E-state index in [4.69, 9.17) is 5.73 Å². The number of benzene rings is 2. The fourth-order valence-electron chi connectivity index (χ4n) is 2.84. The van der Waals surface area contributed by atoms with Gasteiger partial charge in [0.1, 0.15) is 6.54 Å². The summed E-state index contributed by atoms with van der Waals surface area (Å²) in [6.07, 6.45) is 0. The van der Waals surface area contributed by atoms with Crippen molar-refractivity contribution in [1.29, 1.82) is 0 Å². The first kappa shape index (κ1) is 20.6. The Labute approximate surface area is 173 Å². The summed E-state index contributed by atoms with van der Waals surface area (Å²) in [5, 5.41) is 11.7. The van der Waals surface area contributed by atoms with Crippen LogP contribution in [0, 0.1) is 20.8 Å². The summed E-state index contributed by atoms with van der Waals surface area (Å²) in [7, 11) is 0. The van der Waals surface area contributed by atoms with Crippen LogP contribution in [0.2, 0.25) is 0 Å². The first-order valence-electron chi connectivity index (χ1n) is 9.12. The second kappa shape index (κ2) is 8.91. The Kier molecular flexibility index (Phi) is 6.33. The number of thioether (sulfide) groups is 1. The minimum absolute atomic E-state index is 0.0582. The number of aromatic nitrogens is 3. The van der Waals surface area contributed by atoms with E-state index in [1.54, 1.807) is 4.57 Å². The topological polar surface area (TPSA) is 103 Å². The summed E-state index contributed by atoms with van der Waals surface area (Å²) in [5.74, 6) is 0.0196. The highest BCUT2D eigenvalue weighted by atomic mass is 32.2. The van der Waals surface area contributed by atoms with Crippen LogP contribution in [-0.2, 0) is 16.1 Å². The van der Waals surface area contributed by atoms with Gasteiger partial charge in [0.05, 0.1) is 5.75 Å². The molecule has 150 valence electrons. The number of primary amides is 1. The summed E-state index contributed by atoms with van der Waals surface area (Å²) >= 11 is 1.21. The maximum absolute atomic E-state index is 12.4. The number of nitrogens with zero attached hydrogens (tertiary/aromatic N) is 3. The van der Waals surface area contributed by atoms with Gasteiger partial charge in [0.25, 0.3) is 0 Å². The van der Waals surface area contributed by atoms with Crippen LogP contribution in [0.25, 0.3) is 11.4 Å². The van der Waals surface area contributed by atoms with Gasteiger partial charge in [-0.2, -0.15) is 0 Å². The van der Waals surface area contributed by atoms with Gasteiger partial charge in [-0.25, -0.2) is 0 Å². The Morgan fingerprint density at radius 3 is 2.55 bits per heavy atom. The van der Waals surface area contributed by atoms with Gasteiger partial charge in [0, 0.05) is 11.3 Å². The lowest BCUT2D eigenvalue weighted by Gasteiger charge is -2.09. The molecular formula is C21H23N5O2S. The SMILES string of the molecule is Cc1cccc(-c2nnc(SCC(=O)Nc3ccc(C)c(C)c3)n2CC(N)=O)c1. The van der Waals surface area contributed by atoms with Crippen molar-refractivity contribution in [3.05, 3.63) is 59.2 Å².